The van der Waals surface area contributed by atoms with Gasteiger partial charge in [-0.05, 0) is 36.4 Å². The number of carbonyl (C=O) groups is 2. The average Bonchev–Trinajstić information content (AvgIpc) is 3.14. The van der Waals surface area contributed by atoms with Crippen molar-refractivity contribution in [2.75, 3.05) is 24.8 Å². The molecule has 0 N–H and O–H groups in total. The Morgan fingerprint density at radius 2 is 2.00 bits per heavy atom. The Hall–Kier alpha value is -3.24. The molecule has 0 aromatic heterocycles. The number of nitriles is 1. The van der Waals surface area contributed by atoms with Crippen molar-refractivity contribution in [3.8, 4) is 17.6 Å². The van der Waals surface area contributed by atoms with E-state index in [4.69, 9.17) is 31.1 Å². The largest absolute Gasteiger partial charge is 0.454 e. The molecular formula is C19H15ClN2O5. The summed E-state index contributed by atoms with van der Waals surface area (Å²) in [5, 5.41) is 9.28. The lowest BCUT2D eigenvalue weighted by atomic mass is 10.2. The van der Waals surface area contributed by atoms with Crippen molar-refractivity contribution in [1.29, 1.82) is 5.26 Å². The predicted octanol–water partition coefficient (Wildman–Crippen LogP) is 3.17. The molecule has 1 aliphatic rings. The molecule has 7 nitrogen and oxygen atoms in total. The Morgan fingerprint density at radius 3 is 2.78 bits per heavy atom. The Bertz CT molecular complexity index is 909. The van der Waals surface area contributed by atoms with Crippen molar-refractivity contribution >= 4 is 29.2 Å². The lowest BCUT2D eigenvalue weighted by molar-refractivity contribution is -0.121. The fourth-order valence-electron chi connectivity index (χ4n) is 2.52. The Morgan fingerprint density at radius 1 is 1.19 bits per heavy atom. The molecule has 0 bridgehead atoms. The number of carbonyl (C=O) groups excluding carboxylic acids is 2. The number of anilines is 1. The van der Waals surface area contributed by atoms with Crippen molar-refractivity contribution in [2.24, 2.45) is 0 Å². The van der Waals surface area contributed by atoms with Crippen LogP contribution in [-0.2, 0) is 9.53 Å². The van der Waals surface area contributed by atoms with E-state index in [-0.39, 0.29) is 25.3 Å². The van der Waals surface area contributed by atoms with Gasteiger partial charge >= 0.3 is 5.97 Å². The van der Waals surface area contributed by atoms with Crippen LogP contribution in [0.25, 0.3) is 0 Å². The number of ether oxygens (including phenoxy) is 3. The van der Waals surface area contributed by atoms with Gasteiger partial charge in [0.1, 0.15) is 0 Å². The molecule has 0 saturated carbocycles. The molecule has 8 heteroatoms. The lowest BCUT2D eigenvalue weighted by Crippen LogP contribution is -2.35. The van der Waals surface area contributed by atoms with Crippen molar-refractivity contribution < 1.29 is 23.8 Å². The summed E-state index contributed by atoms with van der Waals surface area (Å²) in [6, 6.07) is 13.3. The zero-order valence-electron chi connectivity index (χ0n) is 14.2. The maximum absolute atomic E-state index is 12.5. The third-order valence-electron chi connectivity index (χ3n) is 3.80. The van der Waals surface area contributed by atoms with E-state index in [1.807, 2.05) is 6.07 Å². The molecule has 0 saturated heterocycles. The Balaban J connectivity index is 1.66. The van der Waals surface area contributed by atoms with Crippen LogP contribution >= 0.6 is 11.6 Å². The van der Waals surface area contributed by atoms with Gasteiger partial charge in [0.15, 0.2) is 18.1 Å². The molecule has 0 atom stereocenters. The Kier molecular flexibility index (Phi) is 5.79. The van der Waals surface area contributed by atoms with Crippen molar-refractivity contribution in [3.63, 3.8) is 0 Å². The van der Waals surface area contributed by atoms with Crippen molar-refractivity contribution in [3.05, 3.63) is 53.1 Å². The highest BCUT2D eigenvalue weighted by Gasteiger charge is 2.20. The van der Waals surface area contributed by atoms with E-state index in [0.29, 0.717) is 22.2 Å². The molecule has 2 aromatic rings. The van der Waals surface area contributed by atoms with Gasteiger partial charge in [-0.1, -0.05) is 17.7 Å². The van der Waals surface area contributed by atoms with Crippen molar-refractivity contribution in [1.82, 2.24) is 0 Å². The highest BCUT2D eigenvalue weighted by Crippen LogP contribution is 2.32. The summed E-state index contributed by atoms with van der Waals surface area (Å²) in [4.78, 5) is 26.1. The smallest absolute Gasteiger partial charge is 0.338 e. The summed E-state index contributed by atoms with van der Waals surface area (Å²) >= 11 is 5.97. The average molecular weight is 387 g/mol. The van der Waals surface area contributed by atoms with E-state index in [1.54, 1.807) is 30.3 Å². The molecule has 1 heterocycles. The number of hydrogen-bond acceptors (Lipinski definition) is 6. The molecule has 0 aliphatic carbocycles. The fourth-order valence-corrected chi connectivity index (χ4v) is 2.70. The molecule has 0 spiro atoms. The highest BCUT2D eigenvalue weighted by molar-refractivity contribution is 6.30. The Labute approximate surface area is 160 Å². The van der Waals surface area contributed by atoms with Gasteiger partial charge in [0.05, 0.1) is 18.1 Å². The van der Waals surface area contributed by atoms with Gasteiger partial charge in [0.25, 0.3) is 5.91 Å². The first-order valence-corrected chi connectivity index (χ1v) is 8.46. The molecule has 2 aromatic carbocycles. The molecule has 0 unspecified atom stereocenters. The number of halogens is 1. The van der Waals surface area contributed by atoms with E-state index < -0.39 is 18.5 Å². The molecule has 138 valence electrons. The number of benzene rings is 2. The summed E-state index contributed by atoms with van der Waals surface area (Å²) in [6.07, 6.45) is 0.133. The quantitative estimate of drug-likeness (QED) is 0.708. The minimum absolute atomic E-state index is 0.0970. The molecule has 1 amide bonds. The number of nitrogens with zero attached hydrogens (tertiary/aromatic N) is 2. The van der Waals surface area contributed by atoms with Crippen LogP contribution in [0.4, 0.5) is 5.69 Å². The maximum atomic E-state index is 12.5. The van der Waals surface area contributed by atoms with E-state index in [9.17, 15) is 9.59 Å². The normalized spacial score (nSPS) is 11.6. The first kappa shape index (κ1) is 18.5. The van der Waals surface area contributed by atoms with E-state index >= 15 is 0 Å². The monoisotopic (exact) mass is 386 g/mol. The van der Waals surface area contributed by atoms with E-state index in [1.165, 1.54) is 17.0 Å². The molecule has 3 rings (SSSR count). The van der Waals surface area contributed by atoms with Crippen LogP contribution in [0.5, 0.6) is 11.5 Å². The predicted molar refractivity (Wildman–Crippen MR) is 96.9 cm³/mol. The zero-order chi connectivity index (χ0) is 19.2. The van der Waals surface area contributed by atoms with Gasteiger partial charge < -0.3 is 19.1 Å². The van der Waals surface area contributed by atoms with Crippen LogP contribution in [0.15, 0.2) is 42.5 Å². The van der Waals surface area contributed by atoms with Crippen LogP contribution < -0.4 is 14.4 Å². The number of hydrogen-bond donors (Lipinski definition) is 0. The summed E-state index contributed by atoms with van der Waals surface area (Å²) in [6.45, 7) is -0.206. The number of amides is 1. The SMILES string of the molecule is N#CCCN(C(=O)COC(=O)c1ccc2c(c1)OCO2)c1cccc(Cl)c1. The minimum atomic E-state index is -0.659. The van der Waals surface area contributed by atoms with Crippen molar-refractivity contribution in [2.45, 2.75) is 6.42 Å². The first-order chi connectivity index (χ1) is 13.1. The summed E-state index contributed by atoms with van der Waals surface area (Å²) in [5.74, 6) is -0.119. The molecule has 1 aliphatic heterocycles. The fraction of sp³-hybridized carbons (Fsp3) is 0.211. The maximum Gasteiger partial charge on any atom is 0.338 e. The zero-order valence-corrected chi connectivity index (χ0v) is 14.9. The third kappa shape index (κ3) is 4.49. The van der Waals surface area contributed by atoms with Crippen LogP contribution in [0.2, 0.25) is 5.02 Å². The van der Waals surface area contributed by atoms with Crippen LogP contribution in [0.1, 0.15) is 16.8 Å². The molecule has 0 radical (unpaired) electrons. The summed E-state index contributed by atoms with van der Waals surface area (Å²) in [7, 11) is 0. The second kappa shape index (κ2) is 8.43. The second-order valence-electron chi connectivity index (χ2n) is 5.58. The summed E-state index contributed by atoms with van der Waals surface area (Å²) in [5.41, 5.74) is 0.778. The summed E-state index contributed by atoms with van der Waals surface area (Å²) < 4.78 is 15.5. The highest BCUT2D eigenvalue weighted by atomic mass is 35.5. The van der Waals surface area contributed by atoms with Gasteiger partial charge in [0.2, 0.25) is 6.79 Å². The van der Waals surface area contributed by atoms with Crippen LogP contribution in [0, 0.1) is 11.3 Å². The van der Waals surface area contributed by atoms with Crippen LogP contribution in [-0.4, -0.2) is 31.8 Å². The van der Waals surface area contributed by atoms with Gasteiger partial charge in [0, 0.05) is 17.3 Å². The van der Waals surface area contributed by atoms with Gasteiger partial charge in [-0.2, -0.15) is 5.26 Å². The molecular weight excluding hydrogens is 372 g/mol. The number of rotatable bonds is 6. The van der Waals surface area contributed by atoms with Gasteiger partial charge in [-0.25, -0.2) is 4.79 Å². The molecule has 27 heavy (non-hydrogen) atoms. The van der Waals surface area contributed by atoms with Gasteiger partial charge in [-0.3, -0.25) is 4.79 Å². The standard InChI is InChI=1S/C19H15ClN2O5/c20-14-3-1-4-15(10-14)22(8-2-7-21)18(23)11-25-19(24)13-5-6-16-17(9-13)27-12-26-16/h1,3-6,9-10H,2,8,11-12H2. The topological polar surface area (TPSA) is 88.9 Å². The van der Waals surface area contributed by atoms with E-state index in [2.05, 4.69) is 0 Å². The van der Waals surface area contributed by atoms with Crippen LogP contribution in [0.3, 0.4) is 0 Å². The minimum Gasteiger partial charge on any atom is -0.454 e. The number of fused-ring (bicyclic) bond motifs is 1. The third-order valence-corrected chi connectivity index (χ3v) is 4.04. The van der Waals surface area contributed by atoms with E-state index in [0.717, 1.165) is 0 Å². The lowest BCUT2D eigenvalue weighted by Gasteiger charge is -2.21. The second-order valence-corrected chi connectivity index (χ2v) is 6.01. The number of esters is 1. The molecule has 0 fully saturated rings. The first-order valence-electron chi connectivity index (χ1n) is 8.08. The van der Waals surface area contributed by atoms with Gasteiger partial charge in [-0.15, -0.1) is 0 Å².